The fourth-order valence-corrected chi connectivity index (χ4v) is 3.03. The van der Waals surface area contributed by atoms with Gasteiger partial charge in [-0.2, -0.15) is 0 Å². The number of hydrogen-bond donors (Lipinski definition) is 0. The van der Waals surface area contributed by atoms with Crippen LogP contribution in [-0.2, 0) is 14.3 Å². The molecule has 0 spiro atoms. The number of nitrogens with zero attached hydrogens (tertiary/aromatic N) is 2. The molecule has 0 aliphatic carbocycles. The van der Waals surface area contributed by atoms with Crippen LogP contribution in [0.25, 0.3) is 6.08 Å². The molecule has 2 aliphatic heterocycles. The molecule has 3 rings (SSSR count). The van der Waals surface area contributed by atoms with Crippen LogP contribution in [0.1, 0.15) is 18.4 Å². The molecule has 1 unspecified atom stereocenters. The van der Waals surface area contributed by atoms with Gasteiger partial charge < -0.3 is 14.4 Å². The second-order valence-electron chi connectivity index (χ2n) is 6.28. The Hall–Kier alpha value is -2.34. The van der Waals surface area contributed by atoms with Gasteiger partial charge in [0.05, 0.1) is 12.6 Å². The molecule has 1 atom stereocenters. The van der Waals surface area contributed by atoms with Gasteiger partial charge >= 0.3 is 6.09 Å². The van der Waals surface area contributed by atoms with Crippen molar-refractivity contribution in [3.63, 3.8) is 0 Å². The van der Waals surface area contributed by atoms with E-state index >= 15 is 0 Å². The van der Waals surface area contributed by atoms with Crippen LogP contribution in [0.2, 0.25) is 0 Å². The molecular formula is C19H24N2O4. The quantitative estimate of drug-likeness (QED) is 0.761. The number of carbonyl (C=O) groups excluding carboxylic acids is 2. The number of rotatable bonds is 7. The molecule has 2 fully saturated rings. The number of benzene rings is 1. The average molecular weight is 344 g/mol. The van der Waals surface area contributed by atoms with E-state index in [0.29, 0.717) is 26.2 Å². The summed E-state index contributed by atoms with van der Waals surface area (Å²) in [4.78, 5) is 27.4. The van der Waals surface area contributed by atoms with Gasteiger partial charge in [0, 0.05) is 19.7 Å². The highest BCUT2D eigenvalue weighted by atomic mass is 16.6. The third kappa shape index (κ3) is 5.06. The SMILES string of the molecule is O=C(CN1CCOC1=O)N(C/C=C/c1ccccc1)CC1CCCO1. The second-order valence-corrected chi connectivity index (χ2v) is 6.28. The Kier molecular flexibility index (Phi) is 6.06. The van der Waals surface area contributed by atoms with E-state index in [1.165, 1.54) is 4.90 Å². The molecular weight excluding hydrogens is 320 g/mol. The number of ether oxygens (including phenoxy) is 2. The van der Waals surface area contributed by atoms with Gasteiger partial charge in [0.15, 0.2) is 0 Å². The zero-order valence-corrected chi connectivity index (χ0v) is 14.3. The third-order valence-corrected chi connectivity index (χ3v) is 4.41. The van der Waals surface area contributed by atoms with Crippen molar-refractivity contribution in [3.8, 4) is 0 Å². The van der Waals surface area contributed by atoms with Crippen molar-refractivity contribution >= 4 is 18.1 Å². The summed E-state index contributed by atoms with van der Waals surface area (Å²) in [6.07, 6.45) is 5.65. The molecule has 2 aliphatic rings. The molecule has 6 nitrogen and oxygen atoms in total. The van der Waals surface area contributed by atoms with Gasteiger partial charge in [0.1, 0.15) is 13.2 Å². The van der Waals surface area contributed by atoms with Gasteiger partial charge in [-0.3, -0.25) is 9.69 Å². The van der Waals surface area contributed by atoms with E-state index in [4.69, 9.17) is 9.47 Å². The summed E-state index contributed by atoms with van der Waals surface area (Å²) in [7, 11) is 0. The van der Waals surface area contributed by atoms with Gasteiger partial charge in [-0.15, -0.1) is 0 Å². The van der Waals surface area contributed by atoms with Crippen LogP contribution in [-0.4, -0.2) is 67.3 Å². The predicted octanol–water partition coefficient (Wildman–Crippen LogP) is 2.16. The number of hydrogen-bond acceptors (Lipinski definition) is 4. The molecule has 0 N–H and O–H groups in total. The first kappa shape index (κ1) is 17.5. The lowest BCUT2D eigenvalue weighted by Gasteiger charge is -2.26. The molecule has 6 heteroatoms. The van der Waals surface area contributed by atoms with Crippen molar-refractivity contribution in [2.75, 3.05) is 39.4 Å². The molecule has 2 amide bonds. The summed E-state index contributed by atoms with van der Waals surface area (Å²) in [5.41, 5.74) is 1.09. The highest BCUT2D eigenvalue weighted by Crippen LogP contribution is 2.14. The van der Waals surface area contributed by atoms with Crippen LogP contribution < -0.4 is 0 Å². The molecule has 1 aromatic carbocycles. The lowest BCUT2D eigenvalue weighted by Crippen LogP contribution is -2.44. The maximum Gasteiger partial charge on any atom is 0.410 e. The van der Waals surface area contributed by atoms with Gasteiger partial charge in [0.25, 0.3) is 0 Å². The minimum absolute atomic E-state index is 0.0602. The molecule has 0 aromatic heterocycles. The minimum Gasteiger partial charge on any atom is -0.448 e. The molecule has 25 heavy (non-hydrogen) atoms. The molecule has 134 valence electrons. The summed E-state index contributed by atoms with van der Waals surface area (Å²) in [6.45, 7) is 2.69. The van der Waals surface area contributed by atoms with Gasteiger partial charge in [0.2, 0.25) is 5.91 Å². The largest absolute Gasteiger partial charge is 0.448 e. The lowest BCUT2D eigenvalue weighted by molar-refractivity contribution is -0.132. The van der Waals surface area contributed by atoms with Gasteiger partial charge in [-0.1, -0.05) is 42.5 Å². The summed E-state index contributed by atoms with van der Waals surface area (Å²) < 4.78 is 10.6. The molecule has 0 saturated carbocycles. The van der Waals surface area contributed by atoms with Crippen LogP contribution in [0.4, 0.5) is 4.79 Å². The fraction of sp³-hybridized carbons (Fsp3) is 0.474. The zero-order valence-electron chi connectivity index (χ0n) is 14.3. The monoisotopic (exact) mass is 344 g/mol. The molecule has 0 radical (unpaired) electrons. The van der Waals surface area contributed by atoms with E-state index in [-0.39, 0.29) is 18.6 Å². The highest BCUT2D eigenvalue weighted by molar-refractivity contribution is 5.83. The van der Waals surface area contributed by atoms with Crippen LogP contribution in [0.3, 0.4) is 0 Å². The van der Waals surface area contributed by atoms with E-state index in [2.05, 4.69) is 0 Å². The summed E-state index contributed by atoms with van der Waals surface area (Å²) in [5, 5.41) is 0. The maximum atomic E-state index is 12.7. The smallest absolute Gasteiger partial charge is 0.410 e. The number of cyclic esters (lactones) is 1. The Labute approximate surface area is 148 Å². The van der Waals surface area contributed by atoms with Crippen molar-refractivity contribution in [1.82, 2.24) is 9.80 Å². The van der Waals surface area contributed by atoms with Crippen molar-refractivity contribution in [1.29, 1.82) is 0 Å². The Bertz CT molecular complexity index is 611. The first-order valence-electron chi connectivity index (χ1n) is 8.75. The Balaban J connectivity index is 1.60. The predicted molar refractivity (Wildman–Crippen MR) is 94.0 cm³/mol. The topological polar surface area (TPSA) is 59.1 Å². The summed E-state index contributed by atoms with van der Waals surface area (Å²) in [5.74, 6) is -0.0768. The second kappa shape index (κ2) is 8.67. The summed E-state index contributed by atoms with van der Waals surface area (Å²) in [6, 6.07) is 9.97. The van der Waals surface area contributed by atoms with E-state index < -0.39 is 6.09 Å². The van der Waals surface area contributed by atoms with Crippen LogP contribution >= 0.6 is 0 Å². The standard InChI is InChI=1S/C19H24N2O4/c22-18(15-21-11-13-25-19(21)23)20(14-17-9-5-12-24-17)10-4-8-16-6-2-1-3-7-16/h1-4,6-8,17H,5,9-15H2/b8-4+. The van der Waals surface area contributed by atoms with Crippen LogP contribution in [0.15, 0.2) is 36.4 Å². The van der Waals surface area contributed by atoms with Gasteiger partial charge in [-0.05, 0) is 18.4 Å². The Morgan fingerprint density at radius 3 is 2.80 bits per heavy atom. The molecule has 1 aromatic rings. The Morgan fingerprint density at radius 1 is 1.28 bits per heavy atom. The molecule has 2 saturated heterocycles. The first-order valence-corrected chi connectivity index (χ1v) is 8.75. The molecule has 0 bridgehead atoms. The summed E-state index contributed by atoms with van der Waals surface area (Å²) >= 11 is 0. The number of amides is 2. The fourth-order valence-electron chi connectivity index (χ4n) is 3.03. The van der Waals surface area contributed by atoms with E-state index in [9.17, 15) is 9.59 Å². The minimum atomic E-state index is -0.412. The lowest BCUT2D eigenvalue weighted by atomic mass is 10.2. The van der Waals surface area contributed by atoms with Crippen molar-refractivity contribution in [2.24, 2.45) is 0 Å². The van der Waals surface area contributed by atoms with E-state index in [1.807, 2.05) is 42.5 Å². The molecule has 2 heterocycles. The third-order valence-electron chi connectivity index (χ3n) is 4.41. The Morgan fingerprint density at radius 2 is 2.12 bits per heavy atom. The van der Waals surface area contributed by atoms with E-state index in [0.717, 1.165) is 25.0 Å². The van der Waals surface area contributed by atoms with Gasteiger partial charge in [-0.25, -0.2) is 4.79 Å². The maximum absolute atomic E-state index is 12.7. The van der Waals surface area contributed by atoms with Crippen LogP contribution in [0, 0.1) is 0 Å². The first-order chi connectivity index (χ1) is 12.2. The number of carbonyl (C=O) groups is 2. The van der Waals surface area contributed by atoms with E-state index in [1.54, 1.807) is 4.90 Å². The highest BCUT2D eigenvalue weighted by Gasteiger charge is 2.28. The normalized spacial score (nSPS) is 20.2. The zero-order chi connectivity index (χ0) is 17.5. The average Bonchev–Trinajstić information content (AvgIpc) is 3.27. The van der Waals surface area contributed by atoms with Crippen molar-refractivity contribution in [2.45, 2.75) is 18.9 Å². The van der Waals surface area contributed by atoms with Crippen molar-refractivity contribution < 1.29 is 19.1 Å². The van der Waals surface area contributed by atoms with Crippen molar-refractivity contribution in [3.05, 3.63) is 42.0 Å². The van der Waals surface area contributed by atoms with Crippen LogP contribution in [0.5, 0.6) is 0 Å².